The van der Waals surface area contributed by atoms with Gasteiger partial charge >= 0.3 is 0 Å². The summed E-state index contributed by atoms with van der Waals surface area (Å²) >= 11 is 5.96. The van der Waals surface area contributed by atoms with Gasteiger partial charge in [-0.3, -0.25) is 4.68 Å². The van der Waals surface area contributed by atoms with Gasteiger partial charge in [0, 0.05) is 6.54 Å². The number of hydrogen-bond donors (Lipinski definition) is 1. The molecule has 0 aliphatic heterocycles. The molecule has 0 saturated carbocycles. The number of aryl methyl sites for hydroxylation is 1. The summed E-state index contributed by atoms with van der Waals surface area (Å²) in [6.07, 6.45) is 6.74. The number of unbranched alkanes of at least 4 members (excludes halogenated alkanes) is 3. The molecule has 0 atom stereocenters. The number of halogens is 1. The molecule has 0 aliphatic carbocycles. The molecular formula is C14H26ClN3. The molecule has 1 heterocycles. The summed E-state index contributed by atoms with van der Waals surface area (Å²) in [4.78, 5) is 0. The summed E-state index contributed by atoms with van der Waals surface area (Å²) in [5.74, 6) is 0.748. The summed E-state index contributed by atoms with van der Waals surface area (Å²) in [5, 5.41) is 8.50. The minimum atomic E-state index is 0.748. The molecule has 1 rings (SSSR count). The highest BCUT2D eigenvalue weighted by Crippen LogP contribution is 2.14. The van der Waals surface area contributed by atoms with Crippen LogP contribution in [0.25, 0.3) is 0 Å². The van der Waals surface area contributed by atoms with E-state index in [0.29, 0.717) is 0 Å². The van der Waals surface area contributed by atoms with Crippen LogP contribution in [0.15, 0.2) is 6.20 Å². The third-order valence-electron chi connectivity index (χ3n) is 3.07. The Labute approximate surface area is 116 Å². The van der Waals surface area contributed by atoms with Gasteiger partial charge in [0.15, 0.2) is 0 Å². The molecule has 18 heavy (non-hydrogen) atoms. The van der Waals surface area contributed by atoms with Crippen LogP contribution in [0, 0.1) is 12.8 Å². The standard InChI is InChI=1S/C14H26ClN3/c1-12(2)10-16-8-6-4-5-7-9-18-13(3)14(15)11-17-18/h11-12,16H,4-10H2,1-3H3. The average molecular weight is 272 g/mol. The van der Waals surface area contributed by atoms with Crippen molar-refractivity contribution in [3.8, 4) is 0 Å². The second-order valence-corrected chi connectivity index (χ2v) is 5.72. The molecule has 0 amide bonds. The first kappa shape index (κ1) is 15.5. The molecular weight excluding hydrogens is 246 g/mol. The molecule has 0 fully saturated rings. The molecule has 0 aromatic carbocycles. The fraction of sp³-hybridized carbons (Fsp3) is 0.786. The van der Waals surface area contributed by atoms with Crippen molar-refractivity contribution < 1.29 is 0 Å². The zero-order chi connectivity index (χ0) is 13.4. The highest BCUT2D eigenvalue weighted by Gasteiger charge is 2.02. The van der Waals surface area contributed by atoms with Gasteiger partial charge in [-0.05, 0) is 38.8 Å². The van der Waals surface area contributed by atoms with Gasteiger partial charge in [0.25, 0.3) is 0 Å². The third kappa shape index (κ3) is 5.87. The van der Waals surface area contributed by atoms with E-state index in [2.05, 4.69) is 24.3 Å². The van der Waals surface area contributed by atoms with E-state index in [1.807, 2.05) is 11.6 Å². The predicted molar refractivity (Wildman–Crippen MR) is 78.1 cm³/mol. The van der Waals surface area contributed by atoms with Gasteiger partial charge in [0.1, 0.15) is 0 Å². The van der Waals surface area contributed by atoms with E-state index in [4.69, 9.17) is 11.6 Å². The lowest BCUT2D eigenvalue weighted by molar-refractivity contribution is 0.502. The Morgan fingerprint density at radius 1 is 1.28 bits per heavy atom. The first-order chi connectivity index (χ1) is 8.61. The van der Waals surface area contributed by atoms with Crippen molar-refractivity contribution in [2.45, 2.75) is 53.0 Å². The summed E-state index contributed by atoms with van der Waals surface area (Å²) in [5.41, 5.74) is 1.08. The van der Waals surface area contributed by atoms with Crippen molar-refractivity contribution >= 4 is 11.6 Å². The molecule has 0 saturated heterocycles. The lowest BCUT2D eigenvalue weighted by Gasteiger charge is -2.07. The summed E-state index contributed by atoms with van der Waals surface area (Å²) in [7, 11) is 0. The summed E-state index contributed by atoms with van der Waals surface area (Å²) < 4.78 is 2.00. The van der Waals surface area contributed by atoms with E-state index in [9.17, 15) is 0 Å². The molecule has 0 spiro atoms. The largest absolute Gasteiger partial charge is 0.316 e. The quantitative estimate of drug-likeness (QED) is 0.695. The Morgan fingerprint density at radius 3 is 2.61 bits per heavy atom. The minimum absolute atomic E-state index is 0.748. The van der Waals surface area contributed by atoms with E-state index in [0.717, 1.165) is 36.3 Å². The van der Waals surface area contributed by atoms with E-state index >= 15 is 0 Å². The Kier molecular flexibility index (Phi) is 7.36. The maximum Gasteiger partial charge on any atom is 0.0814 e. The zero-order valence-electron chi connectivity index (χ0n) is 11.9. The van der Waals surface area contributed by atoms with Gasteiger partial charge in [-0.1, -0.05) is 38.3 Å². The van der Waals surface area contributed by atoms with Crippen molar-refractivity contribution in [1.82, 2.24) is 15.1 Å². The zero-order valence-corrected chi connectivity index (χ0v) is 12.6. The minimum Gasteiger partial charge on any atom is -0.316 e. The van der Waals surface area contributed by atoms with Crippen LogP contribution >= 0.6 is 11.6 Å². The Morgan fingerprint density at radius 2 is 2.00 bits per heavy atom. The van der Waals surface area contributed by atoms with Crippen LogP contribution in [0.4, 0.5) is 0 Å². The van der Waals surface area contributed by atoms with Crippen LogP contribution in [-0.4, -0.2) is 22.9 Å². The van der Waals surface area contributed by atoms with Crippen molar-refractivity contribution in [2.24, 2.45) is 5.92 Å². The fourth-order valence-corrected chi connectivity index (χ4v) is 2.05. The van der Waals surface area contributed by atoms with E-state index in [1.54, 1.807) is 6.20 Å². The van der Waals surface area contributed by atoms with Gasteiger partial charge in [0.05, 0.1) is 16.9 Å². The molecule has 1 aromatic rings. The lowest BCUT2D eigenvalue weighted by atomic mass is 10.2. The van der Waals surface area contributed by atoms with Crippen LogP contribution in [-0.2, 0) is 6.54 Å². The molecule has 0 radical (unpaired) electrons. The van der Waals surface area contributed by atoms with Gasteiger partial charge in [-0.25, -0.2) is 0 Å². The first-order valence-electron chi connectivity index (χ1n) is 7.00. The maximum atomic E-state index is 5.96. The fourth-order valence-electron chi connectivity index (χ4n) is 1.90. The van der Waals surface area contributed by atoms with Crippen molar-refractivity contribution in [3.63, 3.8) is 0 Å². The van der Waals surface area contributed by atoms with Crippen molar-refractivity contribution in [1.29, 1.82) is 0 Å². The number of hydrogen-bond acceptors (Lipinski definition) is 2. The van der Waals surface area contributed by atoms with Gasteiger partial charge in [-0.15, -0.1) is 0 Å². The topological polar surface area (TPSA) is 29.9 Å². The average Bonchev–Trinajstić information content (AvgIpc) is 2.64. The SMILES string of the molecule is Cc1c(Cl)cnn1CCCCCCNCC(C)C. The van der Waals surface area contributed by atoms with Gasteiger partial charge < -0.3 is 5.32 Å². The highest BCUT2D eigenvalue weighted by molar-refractivity contribution is 6.31. The van der Waals surface area contributed by atoms with Crippen LogP contribution in [0.3, 0.4) is 0 Å². The molecule has 3 nitrogen and oxygen atoms in total. The predicted octanol–water partition coefficient (Wildman–Crippen LogP) is 3.65. The molecule has 4 heteroatoms. The highest BCUT2D eigenvalue weighted by atomic mass is 35.5. The van der Waals surface area contributed by atoms with Gasteiger partial charge in [-0.2, -0.15) is 5.10 Å². The molecule has 104 valence electrons. The number of nitrogens with one attached hydrogen (secondary N) is 1. The van der Waals surface area contributed by atoms with Crippen LogP contribution in [0.5, 0.6) is 0 Å². The number of rotatable bonds is 9. The Bertz CT molecular complexity index is 334. The summed E-state index contributed by atoms with van der Waals surface area (Å²) in [6, 6.07) is 0. The van der Waals surface area contributed by atoms with Crippen LogP contribution in [0.2, 0.25) is 5.02 Å². The Hall–Kier alpha value is -0.540. The molecule has 0 aliphatic rings. The monoisotopic (exact) mass is 271 g/mol. The first-order valence-corrected chi connectivity index (χ1v) is 7.37. The van der Waals surface area contributed by atoms with Gasteiger partial charge in [0.2, 0.25) is 0 Å². The number of nitrogens with zero attached hydrogens (tertiary/aromatic N) is 2. The molecule has 0 unspecified atom stereocenters. The van der Waals surface area contributed by atoms with Crippen molar-refractivity contribution in [2.75, 3.05) is 13.1 Å². The third-order valence-corrected chi connectivity index (χ3v) is 3.44. The molecule has 0 bridgehead atoms. The molecule has 1 N–H and O–H groups in total. The second-order valence-electron chi connectivity index (χ2n) is 5.31. The van der Waals surface area contributed by atoms with E-state index < -0.39 is 0 Å². The maximum absolute atomic E-state index is 5.96. The normalized spacial score (nSPS) is 11.4. The van der Waals surface area contributed by atoms with E-state index in [1.165, 1.54) is 25.7 Å². The van der Waals surface area contributed by atoms with E-state index in [-0.39, 0.29) is 0 Å². The van der Waals surface area contributed by atoms with Crippen molar-refractivity contribution in [3.05, 3.63) is 16.9 Å². The molecule has 1 aromatic heterocycles. The smallest absolute Gasteiger partial charge is 0.0814 e. The Balaban J connectivity index is 1.97. The number of aromatic nitrogens is 2. The summed E-state index contributed by atoms with van der Waals surface area (Å²) in [6.45, 7) is 9.76. The second kappa shape index (κ2) is 8.54. The van der Waals surface area contributed by atoms with Crippen LogP contribution in [0.1, 0.15) is 45.2 Å². The van der Waals surface area contributed by atoms with Crippen LogP contribution < -0.4 is 5.32 Å². The lowest BCUT2D eigenvalue weighted by Crippen LogP contribution is -2.20.